The van der Waals surface area contributed by atoms with E-state index in [0.717, 1.165) is 55.0 Å². The number of carbonyl (C=O) groups excluding carboxylic acids is 1. The van der Waals surface area contributed by atoms with Crippen LogP contribution in [-0.2, 0) is 4.74 Å². The highest BCUT2D eigenvalue weighted by Gasteiger charge is 2.26. The minimum Gasteiger partial charge on any atom is -0.378 e. The fourth-order valence-corrected chi connectivity index (χ4v) is 3.91. The molecule has 3 rings (SSSR count). The van der Waals surface area contributed by atoms with Crippen LogP contribution in [0.1, 0.15) is 28.9 Å². The molecule has 1 aliphatic heterocycles. The van der Waals surface area contributed by atoms with Gasteiger partial charge in [-0.3, -0.25) is 4.79 Å². The number of hydrogen-bond acceptors (Lipinski definition) is 4. The van der Waals surface area contributed by atoms with Gasteiger partial charge in [-0.25, -0.2) is 0 Å². The molecule has 1 aliphatic rings. The molecule has 0 spiro atoms. The summed E-state index contributed by atoms with van der Waals surface area (Å²) < 4.78 is 5.82. The molecule has 2 aromatic rings. The molecule has 2 heterocycles. The van der Waals surface area contributed by atoms with Crippen molar-refractivity contribution in [3.05, 3.63) is 46.7 Å². The Bertz CT molecular complexity index is 648. The van der Waals surface area contributed by atoms with E-state index in [-0.39, 0.29) is 12.0 Å². The number of benzene rings is 1. The van der Waals surface area contributed by atoms with Gasteiger partial charge in [0.05, 0.1) is 11.0 Å². The SMILES string of the molecule is NCCCOC1CCN(C(=O)c2sccc2-c2ccccc2)CC1. The number of rotatable bonds is 6. The van der Waals surface area contributed by atoms with Crippen molar-refractivity contribution >= 4 is 17.2 Å². The second-order valence-corrected chi connectivity index (χ2v) is 6.95. The predicted octanol–water partition coefficient (Wildman–Crippen LogP) is 3.39. The van der Waals surface area contributed by atoms with Crippen molar-refractivity contribution in [3.8, 4) is 11.1 Å². The first kappa shape index (κ1) is 17.1. The largest absolute Gasteiger partial charge is 0.378 e. The summed E-state index contributed by atoms with van der Waals surface area (Å²) in [7, 11) is 0. The molecule has 0 saturated carbocycles. The van der Waals surface area contributed by atoms with E-state index in [1.807, 2.05) is 34.5 Å². The molecule has 2 N–H and O–H groups in total. The van der Waals surface area contributed by atoms with Gasteiger partial charge in [-0.15, -0.1) is 11.3 Å². The number of amides is 1. The molecule has 4 nitrogen and oxygen atoms in total. The van der Waals surface area contributed by atoms with E-state index < -0.39 is 0 Å². The highest BCUT2D eigenvalue weighted by Crippen LogP contribution is 2.30. The van der Waals surface area contributed by atoms with Gasteiger partial charge in [-0.2, -0.15) is 0 Å². The monoisotopic (exact) mass is 344 g/mol. The number of nitrogens with zero attached hydrogens (tertiary/aromatic N) is 1. The molecule has 0 radical (unpaired) electrons. The molecule has 0 unspecified atom stereocenters. The van der Waals surface area contributed by atoms with Crippen molar-refractivity contribution in [2.24, 2.45) is 5.73 Å². The van der Waals surface area contributed by atoms with Crippen LogP contribution in [0.5, 0.6) is 0 Å². The second kappa shape index (κ2) is 8.42. The molecule has 1 aromatic heterocycles. The Morgan fingerprint density at radius 3 is 2.67 bits per heavy atom. The van der Waals surface area contributed by atoms with Crippen LogP contribution in [0.25, 0.3) is 11.1 Å². The molecule has 1 saturated heterocycles. The van der Waals surface area contributed by atoms with Gasteiger partial charge < -0.3 is 15.4 Å². The molecule has 128 valence electrons. The van der Waals surface area contributed by atoms with Crippen LogP contribution in [-0.4, -0.2) is 43.2 Å². The molecule has 1 amide bonds. The van der Waals surface area contributed by atoms with Gasteiger partial charge >= 0.3 is 0 Å². The van der Waals surface area contributed by atoms with E-state index in [2.05, 4.69) is 12.1 Å². The van der Waals surface area contributed by atoms with Crippen molar-refractivity contribution in [1.82, 2.24) is 4.90 Å². The standard InChI is InChI=1S/C19H24N2O2S/c20-10-4-13-23-16-7-11-21(12-8-16)19(22)18-17(9-14-24-18)15-5-2-1-3-6-15/h1-3,5-6,9,14,16H,4,7-8,10-13,20H2. The molecular formula is C19H24N2O2S. The molecule has 0 bridgehead atoms. The van der Waals surface area contributed by atoms with Gasteiger partial charge in [0, 0.05) is 25.3 Å². The van der Waals surface area contributed by atoms with Gasteiger partial charge in [-0.1, -0.05) is 30.3 Å². The maximum absolute atomic E-state index is 12.9. The first-order valence-corrected chi connectivity index (χ1v) is 9.41. The van der Waals surface area contributed by atoms with E-state index >= 15 is 0 Å². The van der Waals surface area contributed by atoms with Crippen LogP contribution >= 0.6 is 11.3 Å². The number of ether oxygens (including phenoxy) is 1. The van der Waals surface area contributed by atoms with Crippen LogP contribution in [0.3, 0.4) is 0 Å². The van der Waals surface area contributed by atoms with Gasteiger partial charge in [0.1, 0.15) is 0 Å². The predicted molar refractivity (Wildman–Crippen MR) is 98.3 cm³/mol. The molecule has 0 aliphatic carbocycles. The zero-order chi connectivity index (χ0) is 16.8. The van der Waals surface area contributed by atoms with Crippen LogP contribution in [0.4, 0.5) is 0 Å². The van der Waals surface area contributed by atoms with Gasteiger partial charge in [0.15, 0.2) is 0 Å². The highest BCUT2D eigenvalue weighted by atomic mass is 32.1. The van der Waals surface area contributed by atoms with Crippen molar-refractivity contribution in [2.45, 2.75) is 25.4 Å². The summed E-state index contributed by atoms with van der Waals surface area (Å²) >= 11 is 1.53. The van der Waals surface area contributed by atoms with Gasteiger partial charge in [0.25, 0.3) is 5.91 Å². The average Bonchev–Trinajstić information content (AvgIpc) is 3.12. The van der Waals surface area contributed by atoms with Crippen LogP contribution in [0, 0.1) is 0 Å². The topological polar surface area (TPSA) is 55.6 Å². The minimum atomic E-state index is 0.143. The normalized spacial score (nSPS) is 15.6. The molecule has 5 heteroatoms. The summed E-state index contributed by atoms with van der Waals surface area (Å²) in [5.74, 6) is 0.143. The van der Waals surface area contributed by atoms with E-state index in [0.29, 0.717) is 6.54 Å². The Hall–Kier alpha value is -1.69. The van der Waals surface area contributed by atoms with Crippen molar-refractivity contribution in [3.63, 3.8) is 0 Å². The fourth-order valence-electron chi connectivity index (χ4n) is 3.02. The number of carbonyl (C=O) groups is 1. The number of hydrogen-bond donors (Lipinski definition) is 1. The molecule has 0 atom stereocenters. The molecular weight excluding hydrogens is 320 g/mol. The second-order valence-electron chi connectivity index (χ2n) is 6.03. The van der Waals surface area contributed by atoms with E-state index in [1.165, 1.54) is 11.3 Å². The lowest BCUT2D eigenvalue weighted by molar-refractivity contribution is 0.00860. The quantitative estimate of drug-likeness (QED) is 0.817. The van der Waals surface area contributed by atoms with E-state index in [9.17, 15) is 4.79 Å². The van der Waals surface area contributed by atoms with Crippen molar-refractivity contribution in [2.75, 3.05) is 26.2 Å². The summed E-state index contributed by atoms with van der Waals surface area (Å²) in [6.45, 7) is 2.91. The maximum atomic E-state index is 12.9. The number of piperidine rings is 1. The zero-order valence-corrected chi connectivity index (χ0v) is 14.6. The highest BCUT2D eigenvalue weighted by molar-refractivity contribution is 7.12. The summed E-state index contributed by atoms with van der Waals surface area (Å²) in [6, 6.07) is 12.1. The Kier molecular flexibility index (Phi) is 6.01. The van der Waals surface area contributed by atoms with Crippen LogP contribution < -0.4 is 5.73 Å². The Morgan fingerprint density at radius 2 is 1.96 bits per heavy atom. The summed E-state index contributed by atoms with van der Waals surface area (Å²) in [6.07, 6.45) is 2.97. The molecule has 24 heavy (non-hydrogen) atoms. The Labute approximate surface area is 147 Å². The zero-order valence-electron chi connectivity index (χ0n) is 13.8. The molecule has 1 aromatic carbocycles. The summed E-state index contributed by atoms with van der Waals surface area (Å²) in [5, 5.41) is 2.00. The van der Waals surface area contributed by atoms with Crippen LogP contribution in [0.2, 0.25) is 0 Å². The first-order chi connectivity index (χ1) is 11.8. The van der Waals surface area contributed by atoms with Gasteiger partial charge in [0.2, 0.25) is 0 Å². The third-order valence-electron chi connectivity index (χ3n) is 4.38. The Balaban J connectivity index is 1.62. The number of nitrogens with two attached hydrogens (primary N) is 1. The van der Waals surface area contributed by atoms with E-state index in [4.69, 9.17) is 10.5 Å². The maximum Gasteiger partial charge on any atom is 0.264 e. The third kappa shape index (κ3) is 4.04. The lowest BCUT2D eigenvalue weighted by Crippen LogP contribution is -2.40. The third-order valence-corrected chi connectivity index (χ3v) is 5.28. The molecule has 1 fully saturated rings. The average molecular weight is 344 g/mol. The smallest absolute Gasteiger partial charge is 0.264 e. The first-order valence-electron chi connectivity index (χ1n) is 8.53. The van der Waals surface area contributed by atoms with Crippen molar-refractivity contribution < 1.29 is 9.53 Å². The Morgan fingerprint density at radius 1 is 1.21 bits per heavy atom. The summed E-state index contributed by atoms with van der Waals surface area (Å²) in [5.41, 5.74) is 7.62. The van der Waals surface area contributed by atoms with Crippen LogP contribution in [0.15, 0.2) is 41.8 Å². The lowest BCUT2D eigenvalue weighted by atomic mass is 10.0. The summed E-state index contributed by atoms with van der Waals surface area (Å²) in [4.78, 5) is 15.7. The minimum absolute atomic E-state index is 0.143. The van der Waals surface area contributed by atoms with E-state index in [1.54, 1.807) is 0 Å². The van der Waals surface area contributed by atoms with Gasteiger partial charge in [-0.05, 0) is 42.8 Å². The fraction of sp³-hybridized carbons (Fsp3) is 0.421. The number of thiophene rings is 1. The lowest BCUT2D eigenvalue weighted by Gasteiger charge is -2.32. The number of likely N-dealkylation sites (tertiary alicyclic amines) is 1. The van der Waals surface area contributed by atoms with Crippen molar-refractivity contribution in [1.29, 1.82) is 0 Å².